The summed E-state index contributed by atoms with van der Waals surface area (Å²) in [6, 6.07) is 7.07. The minimum absolute atomic E-state index is 0.0823. The smallest absolute Gasteiger partial charge is 0.331 e. The molecular formula is C22H26ClNO5. The van der Waals surface area contributed by atoms with E-state index in [0.717, 1.165) is 18.4 Å². The van der Waals surface area contributed by atoms with Crippen LogP contribution in [-0.2, 0) is 30.3 Å². The maximum absolute atomic E-state index is 12.6. The number of rotatable bonds is 9. The number of nitrogens with zero attached hydrogens (tertiary/aromatic N) is 1. The molecule has 1 aliphatic heterocycles. The Morgan fingerprint density at radius 3 is 2.86 bits per heavy atom. The summed E-state index contributed by atoms with van der Waals surface area (Å²) in [6.45, 7) is 1.35. The Bertz CT molecular complexity index is 798. The second-order valence-corrected chi connectivity index (χ2v) is 7.30. The van der Waals surface area contributed by atoms with Crippen molar-refractivity contribution < 1.29 is 23.9 Å². The third kappa shape index (κ3) is 7.19. The Hall–Kier alpha value is -2.36. The van der Waals surface area contributed by atoms with Gasteiger partial charge in [-0.1, -0.05) is 23.7 Å². The SMILES string of the molecule is CC#CC(OCC(=O)OC)N1C(=O)CCCC1CCC(=O)Cc1cccc(Cl)c1. The second kappa shape index (κ2) is 11.6. The van der Waals surface area contributed by atoms with Gasteiger partial charge in [0.05, 0.1) is 7.11 Å². The normalized spacial score (nSPS) is 17.3. The van der Waals surface area contributed by atoms with E-state index in [1.165, 1.54) is 7.11 Å². The first-order chi connectivity index (χ1) is 13.9. The van der Waals surface area contributed by atoms with Gasteiger partial charge < -0.3 is 14.4 Å². The molecule has 0 aromatic heterocycles. The van der Waals surface area contributed by atoms with E-state index in [9.17, 15) is 14.4 Å². The van der Waals surface area contributed by atoms with Crippen molar-refractivity contribution in [3.8, 4) is 11.8 Å². The number of amides is 1. The third-order valence-corrected chi connectivity index (χ3v) is 5.00. The molecule has 1 aromatic rings. The topological polar surface area (TPSA) is 72.9 Å². The molecule has 156 valence electrons. The van der Waals surface area contributed by atoms with Gasteiger partial charge in [-0.3, -0.25) is 9.59 Å². The summed E-state index contributed by atoms with van der Waals surface area (Å²) in [5, 5.41) is 0.600. The Morgan fingerprint density at radius 1 is 1.38 bits per heavy atom. The van der Waals surface area contributed by atoms with Crippen LogP contribution >= 0.6 is 11.6 Å². The molecule has 0 N–H and O–H groups in total. The Kier molecular flexibility index (Phi) is 9.17. The standard InChI is InChI=1S/C22H26ClNO5/c1-3-6-21(29-15-22(27)28-2)24-18(9-5-10-20(24)26)11-12-19(25)14-16-7-4-8-17(23)13-16/h4,7-8,13,18,21H,5,9-12,14-15H2,1-2H3. The molecule has 1 fully saturated rings. The average Bonchev–Trinajstić information content (AvgIpc) is 2.69. The van der Waals surface area contributed by atoms with Crippen LogP contribution in [0.5, 0.6) is 0 Å². The summed E-state index contributed by atoms with van der Waals surface area (Å²) in [5.74, 6) is 5.07. The van der Waals surface area contributed by atoms with Gasteiger partial charge in [-0.05, 0) is 49.8 Å². The highest BCUT2D eigenvalue weighted by Crippen LogP contribution is 2.25. The molecule has 0 bridgehead atoms. The molecule has 0 spiro atoms. The lowest BCUT2D eigenvalue weighted by Gasteiger charge is -2.38. The van der Waals surface area contributed by atoms with Crippen LogP contribution in [0.4, 0.5) is 0 Å². The number of esters is 1. The van der Waals surface area contributed by atoms with Gasteiger partial charge in [0.25, 0.3) is 0 Å². The van der Waals surface area contributed by atoms with Gasteiger partial charge in [-0.2, -0.15) is 0 Å². The monoisotopic (exact) mass is 419 g/mol. The van der Waals surface area contributed by atoms with Crippen molar-refractivity contribution in [2.75, 3.05) is 13.7 Å². The number of halogens is 1. The second-order valence-electron chi connectivity index (χ2n) is 6.86. The molecule has 6 nitrogen and oxygen atoms in total. The van der Waals surface area contributed by atoms with Crippen LogP contribution in [0.1, 0.15) is 44.6 Å². The zero-order valence-electron chi connectivity index (χ0n) is 16.8. The average molecular weight is 420 g/mol. The van der Waals surface area contributed by atoms with Crippen molar-refractivity contribution in [2.24, 2.45) is 0 Å². The molecule has 0 aliphatic carbocycles. The summed E-state index contributed by atoms with van der Waals surface area (Å²) >= 11 is 5.97. The van der Waals surface area contributed by atoms with E-state index in [0.29, 0.717) is 30.7 Å². The van der Waals surface area contributed by atoms with E-state index in [1.54, 1.807) is 24.0 Å². The first-order valence-corrected chi connectivity index (χ1v) is 10.0. The maximum atomic E-state index is 12.6. The number of piperidine rings is 1. The maximum Gasteiger partial charge on any atom is 0.331 e. The summed E-state index contributed by atoms with van der Waals surface area (Å²) in [7, 11) is 1.27. The molecule has 1 aromatic carbocycles. The highest BCUT2D eigenvalue weighted by molar-refractivity contribution is 6.30. The van der Waals surface area contributed by atoms with Gasteiger partial charge in [-0.15, -0.1) is 5.92 Å². The summed E-state index contributed by atoms with van der Waals surface area (Å²) in [5.41, 5.74) is 0.871. The predicted octanol–water partition coefficient (Wildman–Crippen LogP) is 3.15. The molecular weight excluding hydrogens is 394 g/mol. The zero-order valence-corrected chi connectivity index (χ0v) is 17.5. The number of benzene rings is 1. The molecule has 1 amide bonds. The van der Waals surface area contributed by atoms with Gasteiger partial charge in [0.1, 0.15) is 12.4 Å². The molecule has 2 atom stereocenters. The number of hydrogen-bond donors (Lipinski definition) is 0. The van der Waals surface area contributed by atoms with Crippen LogP contribution in [0.2, 0.25) is 5.02 Å². The summed E-state index contributed by atoms with van der Waals surface area (Å²) in [6.07, 6.45) is 2.25. The van der Waals surface area contributed by atoms with Gasteiger partial charge in [-0.25, -0.2) is 4.79 Å². The fourth-order valence-electron chi connectivity index (χ4n) is 3.38. The first kappa shape index (κ1) is 22.9. The van der Waals surface area contributed by atoms with Gasteiger partial charge in [0.2, 0.25) is 5.91 Å². The number of ether oxygens (including phenoxy) is 2. The molecule has 29 heavy (non-hydrogen) atoms. The van der Waals surface area contributed by atoms with Crippen molar-refractivity contribution in [1.29, 1.82) is 0 Å². The molecule has 1 aliphatic rings. The Labute approximate surface area is 176 Å². The van der Waals surface area contributed by atoms with Crippen molar-refractivity contribution in [1.82, 2.24) is 4.90 Å². The van der Waals surface area contributed by atoms with Crippen LogP contribution in [-0.4, -0.2) is 48.5 Å². The van der Waals surface area contributed by atoms with E-state index in [-0.39, 0.29) is 24.3 Å². The number of likely N-dealkylation sites (tertiary alicyclic amines) is 1. The molecule has 1 saturated heterocycles. The fourth-order valence-corrected chi connectivity index (χ4v) is 3.59. The highest BCUT2D eigenvalue weighted by atomic mass is 35.5. The van der Waals surface area contributed by atoms with Crippen LogP contribution in [0.15, 0.2) is 24.3 Å². The van der Waals surface area contributed by atoms with Crippen molar-refractivity contribution >= 4 is 29.3 Å². The minimum atomic E-state index is -0.833. The fraction of sp³-hybridized carbons (Fsp3) is 0.500. The zero-order chi connectivity index (χ0) is 21.2. The number of hydrogen-bond acceptors (Lipinski definition) is 5. The van der Waals surface area contributed by atoms with Crippen LogP contribution in [0.25, 0.3) is 0 Å². The number of Topliss-reactive ketones (excluding diaryl/α,β-unsaturated/α-hetero) is 1. The quantitative estimate of drug-likeness (QED) is 0.454. The van der Waals surface area contributed by atoms with E-state index >= 15 is 0 Å². The van der Waals surface area contributed by atoms with Crippen LogP contribution in [0, 0.1) is 11.8 Å². The first-order valence-electron chi connectivity index (χ1n) is 9.62. The lowest BCUT2D eigenvalue weighted by Crippen LogP contribution is -2.51. The van der Waals surface area contributed by atoms with Crippen molar-refractivity contribution in [3.63, 3.8) is 0 Å². The Balaban J connectivity index is 2.01. The van der Waals surface area contributed by atoms with E-state index in [4.69, 9.17) is 16.3 Å². The predicted molar refractivity (Wildman–Crippen MR) is 109 cm³/mol. The van der Waals surface area contributed by atoms with Gasteiger partial charge in [0, 0.05) is 30.3 Å². The number of ketones is 1. The highest BCUT2D eigenvalue weighted by Gasteiger charge is 2.34. The van der Waals surface area contributed by atoms with Crippen molar-refractivity contribution in [3.05, 3.63) is 34.9 Å². The Morgan fingerprint density at radius 2 is 2.17 bits per heavy atom. The molecule has 0 radical (unpaired) electrons. The molecule has 7 heteroatoms. The third-order valence-electron chi connectivity index (χ3n) is 4.76. The van der Waals surface area contributed by atoms with Crippen LogP contribution < -0.4 is 0 Å². The number of carbonyl (C=O) groups is 3. The van der Waals surface area contributed by atoms with E-state index < -0.39 is 12.2 Å². The lowest BCUT2D eigenvalue weighted by atomic mass is 9.95. The van der Waals surface area contributed by atoms with E-state index in [1.807, 2.05) is 12.1 Å². The summed E-state index contributed by atoms with van der Waals surface area (Å²) < 4.78 is 10.1. The molecule has 2 unspecified atom stereocenters. The van der Waals surface area contributed by atoms with Gasteiger partial charge in [0.15, 0.2) is 6.23 Å². The minimum Gasteiger partial charge on any atom is -0.467 e. The number of carbonyl (C=O) groups excluding carboxylic acids is 3. The van der Waals surface area contributed by atoms with E-state index in [2.05, 4.69) is 16.6 Å². The van der Waals surface area contributed by atoms with Crippen molar-refractivity contribution in [2.45, 2.75) is 57.7 Å². The van der Waals surface area contributed by atoms with Crippen LogP contribution in [0.3, 0.4) is 0 Å². The molecule has 2 rings (SSSR count). The summed E-state index contributed by atoms with van der Waals surface area (Å²) in [4.78, 5) is 38.0. The molecule has 1 heterocycles. The largest absolute Gasteiger partial charge is 0.467 e. The lowest BCUT2D eigenvalue weighted by molar-refractivity contribution is -0.160. The molecule has 0 saturated carbocycles. The number of methoxy groups -OCH3 is 1. The van der Waals surface area contributed by atoms with Gasteiger partial charge >= 0.3 is 5.97 Å².